The van der Waals surface area contributed by atoms with Gasteiger partial charge in [0.1, 0.15) is 0 Å². The van der Waals surface area contributed by atoms with Crippen LogP contribution in [0.2, 0.25) is 0 Å². The van der Waals surface area contributed by atoms with E-state index in [-0.39, 0.29) is 5.78 Å². The Morgan fingerprint density at radius 2 is 2.00 bits per heavy atom. The normalized spacial score (nSPS) is 12.8. The van der Waals surface area contributed by atoms with E-state index in [1.165, 1.54) is 0 Å². The molecule has 0 aliphatic heterocycles. The first-order chi connectivity index (χ1) is 8.45. The second-order valence-electron chi connectivity index (χ2n) is 5.29. The van der Waals surface area contributed by atoms with Crippen LogP contribution in [0, 0.1) is 13.8 Å². The molecule has 2 heteroatoms. The zero-order valence-electron chi connectivity index (χ0n) is 12.3. The van der Waals surface area contributed by atoms with Crippen LogP contribution >= 0.6 is 0 Å². The minimum absolute atomic E-state index is 0.224. The van der Waals surface area contributed by atoms with Crippen LogP contribution in [0.25, 0.3) is 0 Å². The number of carbonyl (C=O) groups is 1. The van der Waals surface area contributed by atoms with Crippen LogP contribution in [0.3, 0.4) is 0 Å². The summed E-state index contributed by atoms with van der Waals surface area (Å²) >= 11 is 0. The minimum Gasteiger partial charge on any atom is -0.296 e. The molecule has 0 N–H and O–H groups in total. The minimum atomic E-state index is 0.224. The topological polar surface area (TPSA) is 20.3 Å². The highest BCUT2D eigenvalue weighted by atomic mass is 16.1. The zero-order valence-corrected chi connectivity index (χ0v) is 12.3. The van der Waals surface area contributed by atoms with Gasteiger partial charge in [0.2, 0.25) is 0 Å². The molecular weight excluding hydrogens is 222 g/mol. The number of rotatable bonds is 6. The summed E-state index contributed by atoms with van der Waals surface area (Å²) in [5.74, 6) is 0.224. The lowest BCUT2D eigenvalue weighted by atomic mass is 10.0. The molecule has 0 fully saturated rings. The van der Waals surface area contributed by atoms with Gasteiger partial charge in [-0.25, -0.2) is 0 Å². The smallest absolute Gasteiger partial charge is 0.177 e. The average Bonchev–Trinajstić information content (AvgIpc) is 2.32. The maximum absolute atomic E-state index is 12.3. The van der Waals surface area contributed by atoms with Crippen LogP contribution in [0.4, 0.5) is 0 Å². The van der Waals surface area contributed by atoms with E-state index >= 15 is 0 Å². The third kappa shape index (κ3) is 3.95. The molecule has 100 valence electrons. The van der Waals surface area contributed by atoms with Gasteiger partial charge in [-0.1, -0.05) is 31.0 Å². The van der Waals surface area contributed by atoms with Crippen molar-refractivity contribution in [3.8, 4) is 0 Å². The van der Waals surface area contributed by atoms with Crippen LogP contribution < -0.4 is 0 Å². The fraction of sp³-hybridized carbons (Fsp3) is 0.562. The Morgan fingerprint density at radius 3 is 2.61 bits per heavy atom. The average molecular weight is 247 g/mol. The zero-order chi connectivity index (χ0) is 13.7. The summed E-state index contributed by atoms with van der Waals surface area (Å²) in [6.45, 7) is 8.89. The molecule has 0 aliphatic rings. The first kappa shape index (κ1) is 14.9. The molecule has 2 nitrogen and oxygen atoms in total. The summed E-state index contributed by atoms with van der Waals surface area (Å²) < 4.78 is 0. The van der Waals surface area contributed by atoms with Crippen molar-refractivity contribution in [3.63, 3.8) is 0 Å². The molecule has 1 aromatic rings. The molecule has 0 aliphatic carbocycles. The largest absolute Gasteiger partial charge is 0.296 e. The predicted octanol–water partition coefficient (Wildman–Crippen LogP) is 3.61. The fourth-order valence-electron chi connectivity index (χ4n) is 2.14. The van der Waals surface area contributed by atoms with Crippen molar-refractivity contribution in [2.75, 3.05) is 13.6 Å². The lowest BCUT2D eigenvalue weighted by molar-refractivity contribution is 0.0920. The van der Waals surface area contributed by atoms with Crippen molar-refractivity contribution in [2.45, 2.75) is 46.6 Å². The van der Waals surface area contributed by atoms with Gasteiger partial charge in [0.25, 0.3) is 0 Å². The van der Waals surface area contributed by atoms with Crippen LogP contribution in [0.1, 0.15) is 48.2 Å². The quantitative estimate of drug-likeness (QED) is 0.716. The molecule has 1 aromatic carbocycles. The third-order valence-corrected chi connectivity index (χ3v) is 3.55. The van der Waals surface area contributed by atoms with E-state index in [4.69, 9.17) is 0 Å². The molecule has 1 rings (SSSR count). The highest BCUT2D eigenvalue weighted by molar-refractivity contribution is 5.99. The predicted molar refractivity (Wildman–Crippen MR) is 77.2 cm³/mol. The molecule has 1 unspecified atom stereocenters. The van der Waals surface area contributed by atoms with Crippen LogP contribution in [-0.2, 0) is 0 Å². The molecular formula is C16H25NO. The second kappa shape index (κ2) is 6.69. The Balaban J connectivity index is 2.73. The van der Waals surface area contributed by atoms with E-state index in [2.05, 4.69) is 24.8 Å². The van der Waals surface area contributed by atoms with Crippen molar-refractivity contribution < 1.29 is 4.79 Å². The Morgan fingerprint density at radius 1 is 1.33 bits per heavy atom. The van der Waals surface area contributed by atoms with E-state index in [0.717, 1.165) is 29.5 Å². The number of likely N-dealkylation sites (N-methyl/N-ethyl adjacent to an activating group) is 1. The maximum Gasteiger partial charge on any atom is 0.177 e. The number of nitrogens with zero attached hydrogens (tertiary/aromatic N) is 1. The van der Waals surface area contributed by atoms with Gasteiger partial charge in [0.15, 0.2) is 5.78 Å². The molecule has 0 radical (unpaired) electrons. The standard InChI is InChI=1S/C16H25NO/c1-6-7-14(4)17(5)11-16(18)15-10-12(2)8-9-13(15)3/h8-10,14H,6-7,11H2,1-5H3. The van der Waals surface area contributed by atoms with Crippen LogP contribution in [0.15, 0.2) is 18.2 Å². The summed E-state index contributed by atoms with van der Waals surface area (Å²) in [5.41, 5.74) is 3.08. The Kier molecular flexibility index (Phi) is 5.54. The summed E-state index contributed by atoms with van der Waals surface area (Å²) in [5, 5.41) is 0. The van der Waals surface area contributed by atoms with Crippen molar-refractivity contribution in [2.24, 2.45) is 0 Å². The number of ketones is 1. The van der Waals surface area contributed by atoms with Gasteiger partial charge in [-0.2, -0.15) is 0 Å². The first-order valence-electron chi connectivity index (χ1n) is 6.76. The van der Waals surface area contributed by atoms with Gasteiger partial charge in [-0.15, -0.1) is 0 Å². The van der Waals surface area contributed by atoms with Gasteiger partial charge in [-0.3, -0.25) is 9.69 Å². The first-order valence-corrected chi connectivity index (χ1v) is 6.76. The van der Waals surface area contributed by atoms with E-state index in [9.17, 15) is 4.79 Å². The molecule has 18 heavy (non-hydrogen) atoms. The van der Waals surface area contributed by atoms with Crippen molar-refractivity contribution in [1.82, 2.24) is 4.90 Å². The van der Waals surface area contributed by atoms with Crippen LogP contribution in [-0.4, -0.2) is 30.3 Å². The molecule has 0 aromatic heterocycles. The van der Waals surface area contributed by atoms with Gasteiger partial charge in [0.05, 0.1) is 6.54 Å². The van der Waals surface area contributed by atoms with Crippen LogP contribution in [0.5, 0.6) is 0 Å². The Labute approximate surface area is 111 Å². The number of Topliss-reactive ketones (excluding diaryl/α,β-unsaturated/α-hetero) is 1. The Bertz CT molecular complexity index is 412. The Hall–Kier alpha value is -1.15. The van der Waals surface area contributed by atoms with E-state index in [0.29, 0.717) is 12.6 Å². The van der Waals surface area contributed by atoms with Crippen molar-refractivity contribution in [3.05, 3.63) is 34.9 Å². The molecule has 0 heterocycles. The second-order valence-corrected chi connectivity index (χ2v) is 5.29. The maximum atomic E-state index is 12.3. The molecule has 0 bridgehead atoms. The summed E-state index contributed by atoms with van der Waals surface area (Å²) in [7, 11) is 2.03. The molecule has 0 spiro atoms. The summed E-state index contributed by atoms with van der Waals surface area (Å²) in [6, 6.07) is 6.54. The molecule has 0 saturated carbocycles. The number of aryl methyl sites for hydroxylation is 2. The van der Waals surface area contributed by atoms with E-state index in [1.54, 1.807) is 0 Å². The number of benzene rings is 1. The molecule has 1 atom stereocenters. The summed E-state index contributed by atoms with van der Waals surface area (Å²) in [4.78, 5) is 14.4. The van der Waals surface area contributed by atoms with Gasteiger partial charge in [0, 0.05) is 11.6 Å². The summed E-state index contributed by atoms with van der Waals surface area (Å²) in [6.07, 6.45) is 2.29. The monoisotopic (exact) mass is 247 g/mol. The van der Waals surface area contributed by atoms with Gasteiger partial charge in [-0.05, 0) is 45.9 Å². The highest BCUT2D eigenvalue weighted by Gasteiger charge is 2.15. The van der Waals surface area contributed by atoms with Gasteiger partial charge >= 0.3 is 0 Å². The van der Waals surface area contributed by atoms with E-state index in [1.807, 2.05) is 33.0 Å². The lowest BCUT2D eigenvalue weighted by Crippen LogP contribution is -2.34. The van der Waals surface area contributed by atoms with Crippen molar-refractivity contribution in [1.29, 1.82) is 0 Å². The number of hydrogen-bond acceptors (Lipinski definition) is 2. The fourth-order valence-corrected chi connectivity index (χ4v) is 2.14. The van der Waals surface area contributed by atoms with E-state index < -0.39 is 0 Å². The highest BCUT2D eigenvalue weighted by Crippen LogP contribution is 2.13. The number of hydrogen-bond donors (Lipinski definition) is 0. The molecule has 0 saturated heterocycles. The van der Waals surface area contributed by atoms with Gasteiger partial charge < -0.3 is 0 Å². The number of carbonyl (C=O) groups excluding carboxylic acids is 1. The molecule has 0 amide bonds. The van der Waals surface area contributed by atoms with Crippen molar-refractivity contribution >= 4 is 5.78 Å². The third-order valence-electron chi connectivity index (χ3n) is 3.55. The SMILES string of the molecule is CCCC(C)N(C)CC(=O)c1cc(C)ccc1C. The lowest BCUT2D eigenvalue weighted by Gasteiger charge is -2.23.